The molecule has 0 radical (unpaired) electrons. The summed E-state index contributed by atoms with van der Waals surface area (Å²) >= 11 is 0. The highest BCUT2D eigenvalue weighted by molar-refractivity contribution is 6.12. The van der Waals surface area contributed by atoms with Gasteiger partial charge in [0.25, 0.3) is 11.8 Å². The Morgan fingerprint density at radius 1 is 0.524 bits per heavy atom. The van der Waals surface area contributed by atoms with Crippen LogP contribution in [0.3, 0.4) is 0 Å². The van der Waals surface area contributed by atoms with E-state index in [4.69, 9.17) is 47.4 Å². The van der Waals surface area contributed by atoms with Gasteiger partial charge < -0.3 is 47.4 Å². The van der Waals surface area contributed by atoms with Crippen LogP contribution in [0.15, 0.2) is 24.3 Å². The summed E-state index contributed by atoms with van der Waals surface area (Å²) in [5, 5.41) is 0. The summed E-state index contributed by atoms with van der Waals surface area (Å²) in [7, 11) is 0. The van der Waals surface area contributed by atoms with Crippen LogP contribution in [0.5, 0.6) is 0 Å². The van der Waals surface area contributed by atoms with E-state index in [2.05, 4.69) is 6.58 Å². The molecule has 0 aliphatic carbocycles. The predicted octanol–water partition coefficient (Wildman–Crippen LogP) is 0.180. The summed E-state index contributed by atoms with van der Waals surface area (Å²) in [6.07, 6.45) is 2.50. The summed E-state index contributed by atoms with van der Waals surface area (Å²) in [5.74, 6) is -1.04. The fourth-order valence-corrected chi connectivity index (χ4v) is 2.99. The first-order chi connectivity index (χ1) is 20.5. The molecule has 1 aliphatic rings. The second-order valence-corrected chi connectivity index (χ2v) is 8.59. The Morgan fingerprint density at radius 2 is 0.786 bits per heavy atom. The first kappa shape index (κ1) is 37.8. The van der Waals surface area contributed by atoms with Gasteiger partial charge in [0.05, 0.1) is 125 Å². The topological polar surface area (TPSA) is 147 Å². The second-order valence-electron chi connectivity index (χ2n) is 8.59. The first-order valence-corrected chi connectivity index (χ1v) is 14.1. The largest absolute Gasteiger partial charge is 0.460 e. The number of esters is 1. The van der Waals surface area contributed by atoms with Gasteiger partial charge in [-0.2, -0.15) is 0 Å². The van der Waals surface area contributed by atoms with E-state index in [-0.39, 0.29) is 31.6 Å². The molecule has 0 aromatic rings. The summed E-state index contributed by atoms with van der Waals surface area (Å²) < 4.78 is 53.5. The Bertz CT molecular complexity index is 744. The minimum Gasteiger partial charge on any atom is -0.460 e. The average molecular weight is 606 g/mol. The highest BCUT2D eigenvalue weighted by atomic mass is 16.6. The standard InChI is InChI=1S/C28H47NO13/c1-25(2)28(32)42-24-23-41-22-21-40-20-19-39-18-17-38-16-15-37-14-13-36-12-11-35-10-9-34-8-7-33-6-5-29-26(30)3-4-27(29)31/h3-4H,1,5-24H2,2H3. The Hall–Kier alpha value is -2.27. The van der Waals surface area contributed by atoms with Crippen LogP contribution < -0.4 is 0 Å². The summed E-state index contributed by atoms with van der Waals surface area (Å²) in [4.78, 5) is 35.1. The van der Waals surface area contributed by atoms with Crippen molar-refractivity contribution in [3.63, 3.8) is 0 Å². The molecule has 242 valence electrons. The van der Waals surface area contributed by atoms with Crippen molar-refractivity contribution >= 4 is 17.8 Å². The van der Waals surface area contributed by atoms with Crippen LogP contribution in [-0.4, -0.2) is 155 Å². The Balaban J connectivity index is 1.65. The molecule has 14 heteroatoms. The lowest BCUT2D eigenvalue weighted by Gasteiger charge is -2.13. The van der Waals surface area contributed by atoms with Gasteiger partial charge in [-0.15, -0.1) is 0 Å². The number of rotatable bonds is 31. The third kappa shape index (κ3) is 22.3. The third-order valence-corrected chi connectivity index (χ3v) is 5.15. The fraction of sp³-hybridized carbons (Fsp3) is 0.750. The monoisotopic (exact) mass is 605 g/mol. The minimum atomic E-state index is -0.419. The van der Waals surface area contributed by atoms with E-state index in [1.807, 2.05) is 0 Å². The van der Waals surface area contributed by atoms with E-state index in [1.165, 1.54) is 12.2 Å². The normalized spacial score (nSPS) is 12.9. The molecular formula is C28H47NO13. The minimum absolute atomic E-state index is 0.193. The molecule has 1 heterocycles. The van der Waals surface area contributed by atoms with Crippen molar-refractivity contribution in [2.24, 2.45) is 0 Å². The molecule has 0 bridgehead atoms. The summed E-state index contributed by atoms with van der Waals surface area (Å²) in [6.45, 7) is 13.3. The zero-order valence-corrected chi connectivity index (χ0v) is 24.8. The van der Waals surface area contributed by atoms with Gasteiger partial charge in [-0.3, -0.25) is 14.5 Å². The van der Waals surface area contributed by atoms with Crippen molar-refractivity contribution in [2.45, 2.75) is 6.92 Å². The van der Waals surface area contributed by atoms with E-state index in [1.54, 1.807) is 6.92 Å². The Kier molecular flexibility index (Phi) is 24.8. The van der Waals surface area contributed by atoms with Crippen LogP contribution in [0.25, 0.3) is 0 Å². The zero-order valence-electron chi connectivity index (χ0n) is 24.8. The smallest absolute Gasteiger partial charge is 0.333 e. The van der Waals surface area contributed by atoms with Gasteiger partial charge in [0, 0.05) is 17.7 Å². The predicted molar refractivity (Wildman–Crippen MR) is 149 cm³/mol. The molecular weight excluding hydrogens is 558 g/mol. The molecule has 0 N–H and O–H groups in total. The van der Waals surface area contributed by atoms with Gasteiger partial charge in [-0.1, -0.05) is 6.58 Å². The van der Waals surface area contributed by atoms with Crippen LogP contribution in [0.4, 0.5) is 0 Å². The molecule has 1 rings (SSSR count). The maximum atomic E-state index is 11.4. The highest BCUT2D eigenvalue weighted by Gasteiger charge is 2.22. The number of hydrogen-bond donors (Lipinski definition) is 0. The molecule has 14 nitrogen and oxygen atoms in total. The molecule has 0 aromatic carbocycles. The number of nitrogens with zero attached hydrogens (tertiary/aromatic N) is 1. The average Bonchev–Trinajstić information content (AvgIpc) is 3.30. The molecule has 0 saturated carbocycles. The van der Waals surface area contributed by atoms with Crippen LogP contribution >= 0.6 is 0 Å². The van der Waals surface area contributed by atoms with Crippen LogP contribution in [0.1, 0.15) is 6.92 Å². The Labute approximate surface area is 248 Å². The van der Waals surface area contributed by atoms with E-state index >= 15 is 0 Å². The molecule has 0 atom stereocenters. The Morgan fingerprint density at radius 3 is 1.07 bits per heavy atom. The zero-order chi connectivity index (χ0) is 30.5. The molecule has 0 saturated heterocycles. The van der Waals surface area contributed by atoms with Crippen LogP contribution in [-0.2, 0) is 61.8 Å². The third-order valence-electron chi connectivity index (χ3n) is 5.15. The molecule has 0 aromatic heterocycles. The van der Waals surface area contributed by atoms with Crippen molar-refractivity contribution in [1.29, 1.82) is 0 Å². The molecule has 0 spiro atoms. The van der Waals surface area contributed by atoms with Crippen molar-refractivity contribution in [3.05, 3.63) is 24.3 Å². The van der Waals surface area contributed by atoms with E-state index in [9.17, 15) is 14.4 Å². The van der Waals surface area contributed by atoms with Crippen molar-refractivity contribution in [1.82, 2.24) is 4.90 Å². The molecule has 42 heavy (non-hydrogen) atoms. The lowest BCUT2D eigenvalue weighted by molar-refractivity contribution is -0.141. The van der Waals surface area contributed by atoms with Gasteiger partial charge >= 0.3 is 5.97 Å². The summed E-state index contributed by atoms with van der Waals surface area (Å²) in [5.41, 5.74) is 0.364. The van der Waals surface area contributed by atoms with Crippen LogP contribution in [0, 0.1) is 0 Å². The number of carbonyl (C=O) groups is 3. The molecule has 0 unspecified atom stereocenters. The van der Waals surface area contributed by atoms with Crippen LogP contribution in [0.2, 0.25) is 0 Å². The molecule has 0 fully saturated rings. The fourth-order valence-electron chi connectivity index (χ4n) is 2.99. The van der Waals surface area contributed by atoms with Crippen molar-refractivity contribution in [2.75, 3.05) is 132 Å². The maximum Gasteiger partial charge on any atom is 0.333 e. The highest BCUT2D eigenvalue weighted by Crippen LogP contribution is 2.02. The van der Waals surface area contributed by atoms with Gasteiger partial charge in [-0.05, 0) is 6.92 Å². The lowest BCUT2D eigenvalue weighted by atomic mass is 10.4. The van der Waals surface area contributed by atoms with E-state index < -0.39 is 5.97 Å². The quantitative estimate of drug-likeness (QED) is 0.0459. The van der Waals surface area contributed by atoms with E-state index in [0.29, 0.717) is 118 Å². The van der Waals surface area contributed by atoms with Crippen molar-refractivity contribution < 1.29 is 61.8 Å². The molecule has 1 aliphatic heterocycles. The van der Waals surface area contributed by atoms with Gasteiger partial charge in [0.2, 0.25) is 0 Å². The number of carbonyl (C=O) groups excluding carboxylic acids is 3. The number of imide groups is 1. The summed E-state index contributed by atoms with van der Waals surface area (Å²) in [6, 6.07) is 0. The second kappa shape index (κ2) is 27.6. The van der Waals surface area contributed by atoms with E-state index in [0.717, 1.165) is 4.90 Å². The maximum absolute atomic E-state index is 11.4. The van der Waals surface area contributed by atoms with Crippen molar-refractivity contribution in [3.8, 4) is 0 Å². The van der Waals surface area contributed by atoms with Gasteiger partial charge in [-0.25, -0.2) is 4.79 Å². The SMILES string of the molecule is C=C(C)C(=O)OCCOCCOCCOCCOCCOCCOCCOCCOCCOCCN1C(=O)C=CC1=O. The lowest BCUT2D eigenvalue weighted by Crippen LogP contribution is -2.33. The first-order valence-electron chi connectivity index (χ1n) is 14.1. The number of amides is 2. The van der Waals surface area contributed by atoms with Gasteiger partial charge in [0.15, 0.2) is 0 Å². The number of hydrogen-bond acceptors (Lipinski definition) is 13. The molecule has 2 amide bonds. The van der Waals surface area contributed by atoms with Gasteiger partial charge in [0.1, 0.15) is 6.61 Å². The number of ether oxygens (including phenoxy) is 10.